The number of aromatic nitrogens is 1. The van der Waals surface area contributed by atoms with Crippen LogP contribution in [0.1, 0.15) is 5.56 Å². The molecule has 6 heteroatoms. The van der Waals surface area contributed by atoms with Gasteiger partial charge in [-0.3, -0.25) is 4.79 Å². The van der Waals surface area contributed by atoms with E-state index in [9.17, 15) is 18.0 Å². The van der Waals surface area contributed by atoms with Gasteiger partial charge >= 0.3 is 11.0 Å². The lowest BCUT2D eigenvalue weighted by molar-refractivity contribution is -0.137. The zero-order valence-electron chi connectivity index (χ0n) is 7.84. The summed E-state index contributed by atoms with van der Waals surface area (Å²) < 4.78 is 37.3. The molecule has 0 radical (unpaired) electrons. The molecular weight excluding hydrogens is 239 g/mol. The van der Waals surface area contributed by atoms with Crippen LogP contribution in [0.25, 0.3) is 11.3 Å². The van der Waals surface area contributed by atoms with Crippen molar-refractivity contribution in [1.29, 1.82) is 0 Å². The fraction of sp³-hybridized carbons (Fsp3) is 0.100. The number of aromatic amines is 1. The Morgan fingerprint density at radius 3 is 2.56 bits per heavy atom. The van der Waals surface area contributed by atoms with Crippen molar-refractivity contribution in [2.45, 2.75) is 6.18 Å². The number of halogens is 3. The van der Waals surface area contributed by atoms with Gasteiger partial charge in [-0.05, 0) is 17.7 Å². The van der Waals surface area contributed by atoms with Crippen LogP contribution in [0.5, 0.6) is 0 Å². The number of hydrogen-bond acceptors (Lipinski definition) is 2. The summed E-state index contributed by atoms with van der Waals surface area (Å²) in [4.78, 5) is 13.1. The zero-order chi connectivity index (χ0) is 11.8. The van der Waals surface area contributed by atoms with Crippen molar-refractivity contribution in [2.75, 3.05) is 0 Å². The minimum absolute atomic E-state index is 0.285. The fourth-order valence-electron chi connectivity index (χ4n) is 1.28. The first-order valence-corrected chi connectivity index (χ1v) is 5.20. The van der Waals surface area contributed by atoms with Gasteiger partial charge in [0.25, 0.3) is 0 Å². The smallest absolute Gasteiger partial charge is 0.312 e. The van der Waals surface area contributed by atoms with E-state index in [-0.39, 0.29) is 4.87 Å². The van der Waals surface area contributed by atoms with Crippen LogP contribution in [-0.2, 0) is 6.18 Å². The Morgan fingerprint density at radius 2 is 2.00 bits per heavy atom. The number of hydrogen-bond donors (Lipinski definition) is 1. The predicted molar refractivity (Wildman–Crippen MR) is 55.4 cm³/mol. The molecule has 1 heterocycles. The van der Waals surface area contributed by atoms with E-state index >= 15 is 0 Å². The van der Waals surface area contributed by atoms with E-state index < -0.39 is 11.7 Å². The van der Waals surface area contributed by atoms with E-state index in [0.717, 1.165) is 23.5 Å². The first-order valence-electron chi connectivity index (χ1n) is 4.32. The van der Waals surface area contributed by atoms with E-state index in [1.54, 1.807) is 0 Å². The molecule has 2 nitrogen and oxygen atoms in total. The van der Waals surface area contributed by atoms with Crippen LogP contribution < -0.4 is 4.87 Å². The minimum Gasteiger partial charge on any atom is -0.312 e. The molecule has 0 fully saturated rings. The monoisotopic (exact) mass is 245 g/mol. The number of nitrogens with one attached hydrogen (secondary N) is 1. The third-order valence-electron chi connectivity index (χ3n) is 2.02. The van der Waals surface area contributed by atoms with E-state index in [2.05, 4.69) is 4.98 Å². The molecule has 0 saturated heterocycles. The second kappa shape index (κ2) is 3.79. The van der Waals surface area contributed by atoms with Gasteiger partial charge in [0.2, 0.25) is 0 Å². The van der Waals surface area contributed by atoms with Crippen LogP contribution in [0.4, 0.5) is 13.2 Å². The highest BCUT2D eigenvalue weighted by molar-refractivity contribution is 7.07. The van der Waals surface area contributed by atoms with E-state index in [0.29, 0.717) is 11.3 Å². The van der Waals surface area contributed by atoms with Crippen LogP contribution in [0.2, 0.25) is 0 Å². The molecule has 0 unspecified atom stereocenters. The first kappa shape index (κ1) is 10.9. The molecule has 0 aliphatic carbocycles. The molecule has 0 amide bonds. The van der Waals surface area contributed by atoms with E-state index in [1.165, 1.54) is 17.5 Å². The molecule has 0 spiro atoms. The molecule has 2 rings (SSSR count). The Hall–Kier alpha value is -1.56. The van der Waals surface area contributed by atoms with Crippen molar-refractivity contribution in [3.8, 4) is 11.3 Å². The maximum absolute atomic E-state index is 12.4. The van der Waals surface area contributed by atoms with Crippen molar-refractivity contribution in [3.05, 3.63) is 44.9 Å². The van der Waals surface area contributed by atoms with E-state index in [1.807, 2.05) is 0 Å². The fourth-order valence-corrected chi connectivity index (χ4v) is 1.87. The largest absolute Gasteiger partial charge is 0.416 e. The lowest BCUT2D eigenvalue weighted by Crippen LogP contribution is -2.04. The number of benzene rings is 1. The van der Waals surface area contributed by atoms with Gasteiger partial charge in [-0.2, -0.15) is 13.2 Å². The molecule has 1 aromatic heterocycles. The lowest BCUT2D eigenvalue weighted by atomic mass is 10.1. The summed E-state index contributed by atoms with van der Waals surface area (Å²) in [7, 11) is 0. The topological polar surface area (TPSA) is 32.9 Å². The molecule has 0 bridgehead atoms. The van der Waals surface area contributed by atoms with Crippen LogP contribution in [0.15, 0.2) is 34.4 Å². The van der Waals surface area contributed by atoms with Crippen molar-refractivity contribution in [1.82, 2.24) is 4.98 Å². The molecule has 0 saturated carbocycles. The van der Waals surface area contributed by atoms with Crippen molar-refractivity contribution >= 4 is 11.3 Å². The molecule has 0 atom stereocenters. The zero-order valence-corrected chi connectivity index (χ0v) is 8.65. The SMILES string of the molecule is O=c1[nH]c(-c2cccc(C(F)(F)F)c2)cs1. The van der Waals surface area contributed by atoms with Crippen LogP contribution in [0.3, 0.4) is 0 Å². The van der Waals surface area contributed by atoms with Gasteiger partial charge in [0.1, 0.15) is 0 Å². The average molecular weight is 245 g/mol. The Morgan fingerprint density at radius 1 is 1.25 bits per heavy atom. The molecule has 84 valence electrons. The highest BCUT2D eigenvalue weighted by Gasteiger charge is 2.30. The second-order valence-corrected chi connectivity index (χ2v) is 3.98. The summed E-state index contributed by atoms with van der Waals surface area (Å²) in [6.45, 7) is 0. The molecule has 16 heavy (non-hydrogen) atoms. The third kappa shape index (κ3) is 2.16. The minimum atomic E-state index is -4.37. The van der Waals surface area contributed by atoms with Crippen molar-refractivity contribution < 1.29 is 13.2 Å². The van der Waals surface area contributed by atoms with Crippen LogP contribution in [-0.4, -0.2) is 4.98 Å². The average Bonchev–Trinajstić information content (AvgIpc) is 2.64. The number of alkyl halides is 3. The highest BCUT2D eigenvalue weighted by Crippen LogP contribution is 2.31. The summed E-state index contributed by atoms with van der Waals surface area (Å²) in [6, 6.07) is 4.84. The second-order valence-electron chi connectivity index (χ2n) is 3.14. The summed E-state index contributed by atoms with van der Waals surface area (Å²) in [5.74, 6) is 0. The van der Waals surface area contributed by atoms with E-state index in [4.69, 9.17) is 0 Å². The standard InChI is InChI=1S/C10H6F3NOS/c11-10(12,13)7-3-1-2-6(4-7)8-5-16-9(15)14-8/h1-5H,(H,14,15). The maximum Gasteiger partial charge on any atom is 0.416 e. The van der Waals surface area contributed by atoms with Gasteiger partial charge < -0.3 is 4.98 Å². The van der Waals surface area contributed by atoms with Crippen molar-refractivity contribution in [3.63, 3.8) is 0 Å². The van der Waals surface area contributed by atoms with Gasteiger partial charge in [0, 0.05) is 5.38 Å². The first-order chi connectivity index (χ1) is 7.47. The lowest BCUT2D eigenvalue weighted by Gasteiger charge is -2.07. The summed E-state index contributed by atoms with van der Waals surface area (Å²) in [6.07, 6.45) is -4.37. The predicted octanol–water partition coefficient (Wildman–Crippen LogP) is 3.12. The van der Waals surface area contributed by atoms with Gasteiger partial charge in [-0.25, -0.2) is 0 Å². The van der Waals surface area contributed by atoms with Gasteiger partial charge in [0.15, 0.2) is 0 Å². The Labute approximate surface area is 92.4 Å². The number of thiazole rings is 1. The molecule has 0 aliphatic rings. The number of rotatable bonds is 1. The van der Waals surface area contributed by atoms with Gasteiger partial charge in [-0.1, -0.05) is 23.5 Å². The van der Waals surface area contributed by atoms with Crippen LogP contribution >= 0.6 is 11.3 Å². The van der Waals surface area contributed by atoms with Crippen LogP contribution in [0, 0.1) is 0 Å². The maximum atomic E-state index is 12.4. The summed E-state index contributed by atoms with van der Waals surface area (Å²) >= 11 is 0.920. The summed E-state index contributed by atoms with van der Waals surface area (Å²) in [5, 5.41) is 1.50. The molecular formula is C10H6F3NOS. The normalized spacial score (nSPS) is 11.7. The molecule has 1 aromatic carbocycles. The Kier molecular flexibility index (Phi) is 2.59. The highest BCUT2D eigenvalue weighted by atomic mass is 32.1. The quantitative estimate of drug-likeness (QED) is 0.822. The molecule has 0 aliphatic heterocycles. The van der Waals surface area contributed by atoms with Gasteiger partial charge in [0.05, 0.1) is 11.3 Å². The summed E-state index contributed by atoms with van der Waals surface area (Å²) in [5.41, 5.74) is 0.0336. The molecule has 1 N–H and O–H groups in total. The Balaban J connectivity index is 2.48. The Bertz CT molecular complexity index is 555. The number of H-pyrrole nitrogens is 1. The van der Waals surface area contributed by atoms with Crippen molar-refractivity contribution in [2.24, 2.45) is 0 Å². The molecule has 2 aromatic rings. The third-order valence-corrected chi connectivity index (χ3v) is 2.69. The van der Waals surface area contributed by atoms with Gasteiger partial charge in [-0.15, -0.1) is 0 Å².